The van der Waals surface area contributed by atoms with Crippen LogP contribution in [0.25, 0.3) is 21.5 Å². The Labute approximate surface area is 256 Å². The summed E-state index contributed by atoms with van der Waals surface area (Å²) in [7, 11) is 0. The van der Waals surface area contributed by atoms with Crippen molar-refractivity contribution in [2.75, 3.05) is 24.7 Å². The van der Waals surface area contributed by atoms with Crippen LogP contribution in [-0.2, 0) is 32.2 Å². The molecule has 0 saturated carbocycles. The van der Waals surface area contributed by atoms with Gasteiger partial charge in [-0.1, -0.05) is 35.8 Å². The van der Waals surface area contributed by atoms with Crippen LogP contribution in [0.4, 0.5) is 11.6 Å². The zero-order valence-electron chi connectivity index (χ0n) is 21.8. The zero-order chi connectivity index (χ0) is 30.5. The Morgan fingerprint density at radius 1 is 1.00 bits per heavy atom. The highest BCUT2D eigenvalue weighted by atomic mass is 32.7. The molecule has 2 aliphatic heterocycles. The van der Waals surface area contributed by atoms with Crippen molar-refractivity contribution in [2.24, 2.45) is 0 Å². The van der Waals surface area contributed by atoms with Gasteiger partial charge in [0.2, 0.25) is 0 Å². The SMILES string of the molecule is Nc1ncnc2c1ncn2[C@H]1CC[C@@H](COP(=O)(S)O[C@@H]2CC(COP(=O)(O)S)O[C@H]2n2c(=O)sc3c(N)ncnc32)O1. The third-order valence-electron chi connectivity index (χ3n) is 6.73. The summed E-state index contributed by atoms with van der Waals surface area (Å²) in [5.41, 5.74) is 12.9. The first-order chi connectivity index (χ1) is 20.4. The molecule has 43 heavy (non-hydrogen) atoms. The molecule has 0 aromatic carbocycles. The van der Waals surface area contributed by atoms with E-state index in [4.69, 9.17) is 34.5 Å². The number of thiol groups is 2. The number of nitrogens with zero attached hydrogens (tertiary/aromatic N) is 7. The number of aromatic nitrogens is 7. The van der Waals surface area contributed by atoms with E-state index in [9.17, 15) is 18.8 Å². The van der Waals surface area contributed by atoms with E-state index in [1.165, 1.54) is 17.2 Å². The van der Waals surface area contributed by atoms with E-state index in [1.54, 1.807) is 10.9 Å². The van der Waals surface area contributed by atoms with Gasteiger partial charge in [0.15, 0.2) is 23.3 Å². The molecule has 232 valence electrons. The molecule has 6 rings (SSSR count). The lowest BCUT2D eigenvalue weighted by Crippen LogP contribution is -2.28. The van der Waals surface area contributed by atoms with Crippen molar-refractivity contribution in [3.63, 3.8) is 0 Å². The molecule has 23 heteroatoms. The smallest absolute Gasteiger partial charge is 0.382 e. The maximum atomic E-state index is 13.4. The van der Waals surface area contributed by atoms with Crippen LogP contribution in [0.5, 0.6) is 0 Å². The average Bonchev–Trinajstić information content (AvgIpc) is 3.71. The van der Waals surface area contributed by atoms with Gasteiger partial charge in [-0.2, -0.15) is 0 Å². The molecule has 18 nitrogen and oxygen atoms in total. The summed E-state index contributed by atoms with van der Waals surface area (Å²) in [6, 6.07) is 0. The minimum atomic E-state index is -4.13. The Hall–Kier alpha value is -2.16. The fraction of sp³-hybridized carbons (Fsp3) is 0.500. The molecule has 2 fully saturated rings. The summed E-state index contributed by atoms with van der Waals surface area (Å²) < 4.78 is 56.5. The number of imidazole rings is 1. The topological polar surface area (TPSA) is 244 Å². The highest BCUT2D eigenvalue weighted by molar-refractivity contribution is 8.44. The number of hydrogen-bond donors (Lipinski definition) is 5. The van der Waals surface area contributed by atoms with Crippen LogP contribution in [0.15, 0.2) is 23.8 Å². The van der Waals surface area contributed by atoms with Gasteiger partial charge in [-0.25, -0.2) is 34.0 Å². The second-order valence-corrected chi connectivity index (χ2v) is 16.2. The van der Waals surface area contributed by atoms with Crippen LogP contribution in [-0.4, -0.2) is 70.5 Å². The minimum Gasteiger partial charge on any atom is -0.382 e. The Morgan fingerprint density at radius 3 is 2.49 bits per heavy atom. The van der Waals surface area contributed by atoms with E-state index in [-0.39, 0.29) is 36.9 Å². The highest BCUT2D eigenvalue weighted by Crippen LogP contribution is 2.57. The van der Waals surface area contributed by atoms with Gasteiger partial charge in [-0.3, -0.25) is 27.5 Å². The van der Waals surface area contributed by atoms with Crippen LogP contribution >= 0.6 is 49.4 Å². The van der Waals surface area contributed by atoms with E-state index in [2.05, 4.69) is 49.4 Å². The third-order valence-corrected chi connectivity index (χ3v) is 10.2. The fourth-order valence-corrected chi connectivity index (χ4v) is 7.83. The third kappa shape index (κ3) is 6.62. The van der Waals surface area contributed by atoms with Gasteiger partial charge >= 0.3 is 18.5 Å². The Bertz CT molecular complexity index is 1820. The van der Waals surface area contributed by atoms with E-state index in [0.29, 0.717) is 28.7 Å². The molecule has 4 aromatic rings. The summed E-state index contributed by atoms with van der Waals surface area (Å²) in [4.78, 5) is 42.4. The van der Waals surface area contributed by atoms with Crippen molar-refractivity contribution in [3.05, 3.63) is 28.6 Å². The van der Waals surface area contributed by atoms with Crippen LogP contribution in [0, 0.1) is 0 Å². The molecule has 3 unspecified atom stereocenters. The van der Waals surface area contributed by atoms with E-state index < -0.39 is 49.2 Å². The first kappa shape index (κ1) is 30.8. The molecule has 0 aliphatic carbocycles. The van der Waals surface area contributed by atoms with Gasteiger partial charge in [-0.15, -0.1) is 0 Å². The van der Waals surface area contributed by atoms with E-state index >= 15 is 0 Å². The van der Waals surface area contributed by atoms with Crippen molar-refractivity contribution in [3.8, 4) is 0 Å². The molecule has 0 amide bonds. The van der Waals surface area contributed by atoms with Gasteiger partial charge in [0.1, 0.15) is 41.0 Å². The molecule has 7 atom stereocenters. The molecular weight excluding hydrogens is 668 g/mol. The number of fused-ring (bicyclic) bond motifs is 2. The standard InChI is InChI=1S/C20H25N9O9P2S3/c21-15-13-17(25-6-23-15)28(8-27-13)12-2-1-9(36-12)4-35-40(33,42)38-11-3-10(5-34-39(31,32)41)37-19(11)29-18-14(43-20(29)30)16(22)24-7-26-18/h6-12,19H,1-5H2,(H,33,42)(H2,21,23,25)(H2,22,24,26)(H2,31,32,41)/t9-,10?,11+,12+,19+,40?/m0/s1. The van der Waals surface area contributed by atoms with Gasteiger partial charge in [0.25, 0.3) is 0 Å². The molecule has 2 saturated heterocycles. The minimum absolute atomic E-state index is 0.00258. The van der Waals surface area contributed by atoms with Gasteiger partial charge < -0.3 is 25.8 Å². The molecule has 0 bridgehead atoms. The van der Waals surface area contributed by atoms with Crippen molar-refractivity contribution >= 4 is 82.6 Å². The van der Waals surface area contributed by atoms with Crippen molar-refractivity contribution in [2.45, 2.75) is 50.0 Å². The highest BCUT2D eigenvalue weighted by Gasteiger charge is 2.44. The largest absolute Gasteiger partial charge is 0.386 e. The maximum Gasteiger partial charge on any atom is 0.386 e. The average molecular weight is 694 g/mol. The molecule has 5 N–H and O–H groups in total. The molecular formula is C20H25N9O9P2S3. The number of thiazole rings is 1. The van der Waals surface area contributed by atoms with Crippen LogP contribution < -0.4 is 16.3 Å². The summed E-state index contributed by atoms with van der Waals surface area (Å²) in [5.74, 6) is 0.345. The molecule has 0 radical (unpaired) electrons. The van der Waals surface area contributed by atoms with Crippen molar-refractivity contribution in [1.29, 1.82) is 0 Å². The lowest BCUT2D eigenvalue weighted by molar-refractivity contribution is -0.0459. The zero-order valence-corrected chi connectivity index (χ0v) is 26.2. The molecule has 6 heterocycles. The van der Waals surface area contributed by atoms with Gasteiger partial charge in [0.05, 0.1) is 31.7 Å². The van der Waals surface area contributed by atoms with Crippen LogP contribution in [0.3, 0.4) is 0 Å². The van der Waals surface area contributed by atoms with Gasteiger partial charge in [0, 0.05) is 6.42 Å². The maximum absolute atomic E-state index is 13.4. The first-order valence-corrected chi connectivity index (χ1v) is 18.8. The lowest BCUT2D eigenvalue weighted by Gasteiger charge is -2.23. The summed E-state index contributed by atoms with van der Waals surface area (Å²) in [6.45, 7) is -8.69. The number of hydrogen-bond acceptors (Lipinski definition) is 16. The Balaban J connectivity index is 1.15. The van der Waals surface area contributed by atoms with Crippen molar-refractivity contribution < 1.29 is 37.1 Å². The first-order valence-electron chi connectivity index (χ1n) is 12.6. The number of rotatable bonds is 10. The fourth-order valence-electron chi connectivity index (χ4n) is 4.89. The summed E-state index contributed by atoms with van der Waals surface area (Å²) >= 11 is 8.46. The lowest BCUT2D eigenvalue weighted by atomic mass is 10.2. The summed E-state index contributed by atoms with van der Waals surface area (Å²) in [5, 5.41) is 0. The van der Waals surface area contributed by atoms with Crippen LogP contribution in [0.1, 0.15) is 31.7 Å². The second kappa shape index (κ2) is 12.0. The normalized spacial score (nSPS) is 27.1. The van der Waals surface area contributed by atoms with E-state index in [0.717, 1.165) is 11.3 Å². The quantitative estimate of drug-likeness (QED) is 0.118. The van der Waals surface area contributed by atoms with E-state index in [1.807, 2.05) is 0 Å². The number of ether oxygens (including phenoxy) is 2. The van der Waals surface area contributed by atoms with Crippen LogP contribution in [0.2, 0.25) is 0 Å². The second-order valence-electron chi connectivity index (χ2n) is 9.60. The Kier molecular flexibility index (Phi) is 8.59. The number of anilines is 2. The summed E-state index contributed by atoms with van der Waals surface area (Å²) in [6.07, 6.45) is 1.28. The number of nitrogens with two attached hydrogens (primary N) is 2. The predicted octanol–water partition coefficient (Wildman–Crippen LogP) is 2.31. The molecule has 0 spiro atoms. The molecule has 2 aliphatic rings. The monoisotopic (exact) mass is 693 g/mol. The van der Waals surface area contributed by atoms with Crippen molar-refractivity contribution in [1.82, 2.24) is 34.1 Å². The molecule has 4 aromatic heterocycles. The number of nitrogen functional groups attached to an aromatic ring is 2. The Morgan fingerprint density at radius 2 is 1.72 bits per heavy atom. The van der Waals surface area contributed by atoms with Gasteiger partial charge in [-0.05, 0) is 12.8 Å². The predicted molar refractivity (Wildman–Crippen MR) is 160 cm³/mol.